The van der Waals surface area contributed by atoms with Crippen molar-refractivity contribution < 1.29 is 4.79 Å². The van der Waals surface area contributed by atoms with Crippen LogP contribution in [0, 0.1) is 17.8 Å². The van der Waals surface area contributed by atoms with E-state index in [1.807, 2.05) is 0 Å². The molecule has 0 aromatic heterocycles. The lowest BCUT2D eigenvalue weighted by Crippen LogP contribution is -2.29. The normalized spacial score (nSPS) is 32.6. The zero-order valence-corrected chi connectivity index (χ0v) is 11.8. The fraction of sp³-hybridized carbons (Fsp3) is 0.923. The van der Waals surface area contributed by atoms with Crippen LogP contribution in [0.5, 0.6) is 0 Å². The molecule has 0 aliphatic carbocycles. The molecule has 17 heavy (non-hydrogen) atoms. The van der Waals surface area contributed by atoms with Crippen LogP contribution in [0.1, 0.15) is 33.1 Å². The lowest BCUT2D eigenvalue weighted by atomic mass is 10.0. The maximum atomic E-state index is 12.0. The molecule has 1 N–H and O–H groups in total. The summed E-state index contributed by atoms with van der Waals surface area (Å²) >= 11 is 0. The smallest absolute Gasteiger partial charge is 0.222 e. The van der Waals surface area contributed by atoms with Crippen molar-refractivity contribution in [2.45, 2.75) is 33.1 Å². The highest BCUT2D eigenvalue weighted by Gasteiger charge is 2.29. The second kappa shape index (κ2) is 6.60. The maximum Gasteiger partial charge on any atom is 0.222 e. The quantitative estimate of drug-likeness (QED) is 0.841. The van der Waals surface area contributed by atoms with Crippen molar-refractivity contribution in [1.82, 2.24) is 10.2 Å². The molecule has 0 aromatic carbocycles. The van der Waals surface area contributed by atoms with E-state index in [-0.39, 0.29) is 12.4 Å². The Balaban J connectivity index is 0.00000144. The zero-order chi connectivity index (χ0) is 11.5. The van der Waals surface area contributed by atoms with Gasteiger partial charge in [0, 0.05) is 19.5 Å². The predicted molar refractivity (Wildman–Crippen MR) is 72.4 cm³/mol. The van der Waals surface area contributed by atoms with Crippen LogP contribution in [0.3, 0.4) is 0 Å². The third-order valence-corrected chi connectivity index (χ3v) is 4.27. The summed E-state index contributed by atoms with van der Waals surface area (Å²) in [7, 11) is 0. The van der Waals surface area contributed by atoms with E-state index < -0.39 is 0 Å². The minimum Gasteiger partial charge on any atom is -0.342 e. The molecule has 0 bridgehead atoms. The van der Waals surface area contributed by atoms with Gasteiger partial charge in [-0.05, 0) is 43.7 Å². The standard InChI is InChI=1S/C13H24N2O.ClH/c1-10-8-15(9-11(10)2)13(16)4-3-12-5-6-14-7-12;/h10-12,14H,3-9H2,1-2H3;1H. The molecule has 2 heterocycles. The molecular formula is C13H25ClN2O. The third-order valence-electron chi connectivity index (χ3n) is 4.27. The first-order valence-corrected chi connectivity index (χ1v) is 6.65. The van der Waals surface area contributed by atoms with Gasteiger partial charge in [0.15, 0.2) is 0 Å². The Hall–Kier alpha value is -0.280. The molecule has 4 heteroatoms. The molecule has 2 aliphatic rings. The van der Waals surface area contributed by atoms with Crippen LogP contribution in [0.4, 0.5) is 0 Å². The predicted octanol–water partition coefficient (Wildman–Crippen LogP) is 1.91. The number of carbonyl (C=O) groups is 1. The number of nitrogens with one attached hydrogen (secondary N) is 1. The van der Waals surface area contributed by atoms with Crippen molar-refractivity contribution in [3.05, 3.63) is 0 Å². The summed E-state index contributed by atoms with van der Waals surface area (Å²) in [5.41, 5.74) is 0. The lowest BCUT2D eigenvalue weighted by Gasteiger charge is -2.17. The Morgan fingerprint density at radius 3 is 2.47 bits per heavy atom. The summed E-state index contributed by atoms with van der Waals surface area (Å²) in [5, 5.41) is 3.35. The molecule has 100 valence electrons. The Bertz CT molecular complexity index is 244. The largest absolute Gasteiger partial charge is 0.342 e. The molecule has 2 aliphatic heterocycles. The Labute approximate surface area is 111 Å². The van der Waals surface area contributed by atoms with Gasteiger partial charge in [-0.3, -0.25) is 4.79 Å². The Morgan fingerprint density at radius 1 is 1.29 bits per heavy atom. The molecule has 0 spiro atoms. The molecule has 0 radical (unpaired) electrons. The van der Waals surface area contributed by atoms with Crippen LogP contribution in [-0.2, 0) is 4.79 Å². The van der Waals surface area contributed by atoms with E-state index in [0.717, 1.165) is 44.9 Å². The molecule has 0 saturated carbocycles. The Morgan fingerprint density at radius 2 is 1.94 bits per heavy atom. The average Bonchev–Trinajstić information content (AvgIpc) is 2.86. The molecule has 3 unspecified atom stereocenters. The summed E-state index contributed by atoms with van der Waals surface area (Å²) in [6.45, 7) is 8.69. The highest BCUT2D eigenvalue weighted by atomic mass is 35.5. The van der Waals surface area contributed by atoms with Crippen LogP contribution >= 0.6 is 12.4 Å². The number of halogens is 1. The molecule has 0 aromatic rings. The minimum absolute atomic E-state index is 0. The number of hydrogen-bond donors (Lipinski definition) is 1. The number of nitrogens with zero attached hydrogens (tertiary/aromatic N) is 1. The topological polar surface area (TPSA) is 32.3 Å². The van der Waals surface area contributed by atoms with Crippen molar-refractivity contribution in [3.8, 4) is 0 Å². The van der Waals surface area contributed by atoms with Crippen molar-refractivity contribution in [2.24, 2.45) is 17.8 Å². The molecule has 2 rings (SSSR count). The van der Waals surface area contributed by atoms with Gasteiger partial charge in [0.2, 0.25) is 5.91 Å². The van der Waals surface area contributed by atoms with Gasteiger partial charge in [-0.25, -0.2) is 0 Å². The lowest BCUT2D eigenvalue weighted by molar-refractivity contribution is -0.130. The number of amides is 1. The van der Waals surface area contributed by atoms with E-state index in [9.17, 15) is 4.79 Å². The molecule has 3 nitrogen and oxygen atoms in total. The molecule has 1 amide bonds. The highest BCUT2D eigenvalue weighted by molar-refractivity contribution is 5.85. The van der Waals surface area contributed by atoms with Crippen LogP contribution in [0.25, 0.3) is 0 Å². The summed E-state index contributed by atoms with van der Waals surface area (Å²) in [6, 6.07) is 0. The monoisotopic (exact) mass is 260 g/mol. The van der Waals surface area contributed by atoms with Crippen LogP contribution in [0.2, 0.25) is 0 Å². The first-order valence-electron chi connectivity index (χ1n) is 6.65. The average molecular weight is 261 g/mol. The van der Waals surface area contributed by atoms with Crippen molar-refractivity contribution in [1.29, 1.82) is 0 Å². The first-order chi connectivity index (χ1) is 7.66. The number of rotatable bonds is 3. The van der Waals surface area contributed by atoms with Gasteiger partial charge < -0.3 is 10.2 Å². The van der Waals surface area contributed by atoms with E-state index in [2.05, 4.69) is 24.1 Å². The molecule has 2 fully saturated rings. The number of carbonyl (C=O) groups excluding carboxylic acids is 1. The van der Waals surface area contributed by atoms with E-state index in [1.54, 1.807) is 0 Å². The molecule has 2 saturated heterocycles. The van der Waals surface area contributed by atoms with Gasteiger partial charge >= 0.3 is 0 Å². The van der Waals surface area contributed by atoms with Gasteiger partial charge in [-0.1, -0.05) is 13.8 Å². The van der Waals surface area contributed by atoms with Crippen LogP contribution in [0.15, 0.2) is 0 Å². The van der Waals surface area contributed by atoms with Gasteiger partial charge in [-0.2, -0.15) is 0 Å². The van der Waals surface area contributed by atoms with E-state index in [4.69, 9.17) is 0 Å². The summed E-state index contributed by atoms with van der Waals surface area (Å²) < 4.78 is 0. The SMILES string of the molecule is CC1CN(C(=O)CCC2CCNC2)CC1C.Cl. The van der Waals surface area contributed by atoms with E-state index in [1.165, 1.54) is 6.42 Å². The highest BCUT2D eigenvalue weighted by Crippen LogP contribution is 2.23. The maximum absolute atomic E-state index is 12.0. The molecular weight excluding hydrogens is 236 g/mol. The van der Waals surface area contributed by atoms with Gasteiger partial charge in [-0.15, -0.1) is 12.4 Å². The number of hydrogen-bond acceptors (Lipinski definition) is 2. The van der Waals surface area contributed by atoms with Gasteiger partial charge in [0.1, 0.15) is 0 Å². The first kappa shape index (κ1) is 14.8. The second-order valence-corrected chi connectivity index (χ2v) is 5.65. The van der Waals surface area contributed by atoms with Crippen LogP contribution in [-0.4, -0.2) is 37.0 Å². The Kier molecular flexibility index (Phi) is 5.74. The van der Waals surface area contributed by atoms with Crippen molar-refractivity contribution in [3.63, 3.8) is 0 Å². The number of likely N-dealkylation sites (tertiary alicyclic amines) is 1. The fourth-order valence-electron chi connectivity index (χ4n) is 2.78. The second-order valence-electron chi connectivity index (χ2n) is 5.65. The van der Waals surface area contributed by atoms with Crippen LogP contribution < -0.4 is 5.32 Å². The van der Waals surface area contributed by atoms with Crippen molar-refractivity contribution in [2.75, 3.05) is 26.2 Å². The third kappa shape index (κ3) is 3.85. The van der Waals surface area contributed by atoms with Gasteiger partial charge in [0.25, 0.3) is 0 Å². The minimum atomic E-state index is 0. The van der Waals surface area contributed by atoms with Crippen molar-refractivity contribution >= 4 is 18.3 Å². The van der Waals surface area contributed by atoms with E-state index >= 15 is 0 Å². The fourth-order valence-corrected chi connectivity index (χ4v) is 2.78. The van der Waals surface area contributed by atoms with Gasteiger partial charge in [0.05, 0.1) is 0 Å². The zero-order valence-electron chi connectivity index (χ0n) is 10.9. The molecule has 3 atom stereocenters. The summed E-state index contributed by atoms with van der Waals surface area (Å²) in [5.74, 6) is 2.47. The van der Waals surface area contributed by atoms with E-state index in [0.29, 0.717) is 17.7 Å². The summed E-state index contributed by atoms with van der Waals surface area (Å²) in [4.78, 5) is 14.1. The summed E-state index contributed by atoms with van der Waals surface area (Å²) in [6.07, 6.45) is 3.08.